The molecule has 0 saturated carbocycles. The quantitative estimate of drug-likeness (QED) is 0.141. The van der Waals surface area contributed by atoms with Crippen molar-refractivity contribution in [3.05, 3.63) is 167 Å². The standard InChI is InChI=1S/C48H44O6/c1-31(2)51-44-29-36(49-5)19-21-40(44)47(34-13-9-7-10-14-34)27-25-38-42(53-47)23-17-33-18-24-43-39(46(33)38)26-28-48(54-43,35-15-11-8-12-16-35)41-22-20-37(50-6)30-45(41)52-32(3)4/h7-32H,1-6H3. The highest BCUT2D eigenvalue weighted by molar-refractivity contribution is 6.02. The predicted molar refractivity (Wildman–Crippen MR) is 215 cm³/mol. The van der Waals surface area contributed by atoms with Gasteiger partial charge < -0.3 is 28.4 Å². The molecule has 0 aromatic heterocycles. The molecule has 272 valence electrons. The summed E-state index contributed by atoms with van der Waals surface area (Å²) in [5.74, 6) is 4.34. The van der Waals surface area contributed by atoms with Crippen LogP contribution in [0.15, 0.2) is 133 Å². The number of benzene rings is 6. The Morgan fingerprint density at radius 2 is 0.926 bits per heavy atom. The summed E-state index contributed by atoms with van der Waals surface area (Å²) in [7, 11) is 3.33. The molecule has 0 N–H and O–H groups in total. The molecule has 6 nitrogen and oxygen atoms in total. The molecule has 2 unspecified atom stereocenters. The highest BCUT2D eigenvalue weighted by atomic mass is 16.5. The molecule has 2 aliphatic heterocycles. The number of rotatable bonds is 10. The van der Waals surface area contributed by atoms with Crippen LogP contribution in [-0.4, -0.2) is 26.4 Å². The summed E-state index contributed by atoms with van der Waals surface area (Å²) in [5.41, 5.74) is 3.75. The van der Waals surface area contributed by atoms with Crippen molar-refractivity contribution >= 4 is 22.9 Å². The third kappa shape index (κ3) is 6.02. The van der Waals surface area contributed by atoms with E-state index in [2.05, 4.69) is 72.8 Å². The van der Waals surface area contributed by atoms with E-state index in [0.29, 0.717) is 23.0 Å². The Morgan fingerprint density at radius 3 is 1.31 bits per heavy atom. The third-order valence-electron chi connectivity index (χ3n) is 10.0. The fourth-order valence-corrected chi connectivity index (χ4v) is 7.62. The van der Waals surface area contributed by atoms with Crippen LogP contribution in [-0.2, 0) is 11.2 Å². The van der Waals surface area contributed by atoms with E-state index in [1.54, 1.807) is 14.2 Å². The molecule has 2 atom stereocenters. The second-order valence-corrected chi connectivity index (χ2v) is 14.2. The van der Waals surface area contributed by atoms with Gasteiger partial charge in [0, 0.05) is 50.9 Å². The monoisotopic (exact) mass is 716 g/mol. The lowest BCUT2D eigenvalue weighted by Crippen LogP contribution is -2.35. The molecule has 2 heterocycles. The summed E-state index contributed by atoms with van der Waals surface area (Å²) < 4.78 is 38.5. The van der Waals surface area contributed by atoms with E-state index in [1.807, 2.05) is 100 Å². The van der Waals surface area contributed by atoms with Crippen LogP contribution in [0.1, 0.15) is 61.1 Å². The molecule has 54 heavy (non-hydrogen) atoms. The molecule has 0 saturated heterocycles. The van der Waals surface area contributed by atoms with E-state index in [1.165, 1.54) is 0 Å². The van der Waals surface area contributed by atoms with Gasteiger partial charge in [0.05, 0.1) is 26.4 Å². The lowest BCUT2D eigenvalue weighted by Gasteiger charge is -2.39. The van der Waals surface area contributed by atoms with Crippen LogP contribution in [0.25, 0.3) is 22.9 Å². The molecular formula is C48H44O6. The largest absolute Gasteiger partial charge is 0.497 e. The summed E-state index contributed by atoms with van der Waals surface area (Å²) >= 11 is 0. The Hall–Kier alpha value is -6.14. The number of hydrogen-bond donors (Lipinski definition) is 0. The minimum atomic E-state index is -0.969. The number of fused-ring (bicyclic) bond motifs is 5. The zero-order valence-corrected chi connectivity index (χ0v) is 31.5. The zero-order valence-electron chi connectivity index (χ0n) is 31.5. The van der Waals surface area contributed by atoms with Gasteiger partial charge in [0.1, 0.15) is 34.5 Å². The molecule has 6 aromatic carbocycles. The first-order chi connectivity index (χ1) is 26.2. The van der Waals surface area contributed by atoms with Gasteiger partial charge in [-0.25, -0.2) is 0 Å². The Kier molecular flexibility index (Phi) is 9.06. The van der Waals surface area contributed by atoms with Crippen LogP contribution in [0.3, 0.4) is 0 Å². The normalized spacial score (nSPS) is 18.4. The maximum absolute atomic E-state index is 7.24. The van der Waals surface area contributed by atoms with Crippen molar-refractivity contribution in [1.82, 2.24) is 0 Å². The first-order valence-corrected chi connectivity index (χ1v) is 18.4. The van der Waals surface area contributed by atoms with Gasteiger partial charge in [0.25, 0.3) is 0 Å². The molecule has 0 fully saturated rings. The van der Waals surface area contributed by atoms with Gasteiger partial charge in [0.2, 0.25) is 0 Å². The second kappa shape index (κ2) is 14.0. The van der Waals surface area contributed by atoms with Crippen molar-refractivity contribution < 1.29 is 28.4 Å². The topological polar surface area (TPSA) is 55.4 Å². The first-order valence-electron chi connectivity index (χ1n) is 18.4. The van der Waals surface area contributed by atoms with Crippen LogP contribution in [0.2, 0.25) is 0 Å². The zero-order chi connectivity index (χ0) is 37.5. The average molecular weight is 717 g/mol. The highest BCUT2D eigenvalue weighted by Crippen LogP contribution is 2.51. The van der Waals surface area contributed by atoms with Crippen LogP contribution in [0.5, 0.6) is 34.5 Å². The van der Waals surface area contributed by atoms with Gasteiger partial charge in [-0.15, -0.1) is 0 Å². The molecule has 0 spiro atoms. The molecule has 0 bridgehead atoms. The number of methoxy groups -OCH3 is 2. The molecule has 2 aliphatic rings. The van der Waals surface area contributed by atoms with E-state index in [4.69, 9.17) is 28.4 Å². The van der Waals surface area contributed by atoms with E-state index in [0.717, 1.165) is 55.7 Å². The maximum Gasteiger partial charge on any atom is 0.181 e. The lowest BCUT2D eigenvalue weighted by molar-refractivity contribution is 0.150. The minimum Gasteiger partial charge on any atom is -0.497 e. The van der Waals surface area contributed by atoms with Gasteiger partial charge in [-0.05, 0) is 93.8 Å². The summed E-state index contributed by atoms with van der Waals surface area (Å²) in [6.07, 6.45) is 8.55. The lowest BCUT2D eigenvalue weighted by atomic mass is 9.81. The average Bonchev–Trinajstić information content (AvgIpc) is 3.20. The third-order valence-corrected chi connectivity index (χ3v) is 10.0. The van der Waals surface area contributed by atoms with E-state index in [9.17, 15) is 0 Å². The molecular weight excluding hydrogens is 673 g/mol. The van der Waals surface area contributed by atoms with E-state index in [-0.39, 0.29) is 12.2 Å². The smallest absolute Gasteiger partial charge is 0.181 e. The summed E-state index contributed by atoms with van der Waals surface area (Å²) in [6.45, 7) is 8.09. The van der Waals surface area contributed by atoms with Crippen molar-refractivity contribution in [3.8, 4) is 34.5 Å². The second-order valence-electron chi connectivity index (χ2n) is 14.2. The van der Waals surface area contributed by atoms with Gasteiger partial charge in [0.15, 0.2) is 11.2 Å². The Bertz CT molecular complexity index is 2220. The molecule has 8 rings (SSSR count). The van der Waals surface area contributed by atoms with Gasteiger partial charge >= 0.3 is 0 Å². The maximum atomic E-state index is 7.24. The Labute approximate surface area is 317 Å². The fraction of sp³-hybridized carbons (Fsp3) is 0.208. The van der Waals surface area contributed by atoms with Gasteiger partial charge in [-0.1, -0.05) is 72.8 Å². The van der Waals surface area contributed by atoms with Crippen molar-refractivity contribution in [2.75, 3.05) is 14.2 Å². The minimum absolute atomic E-state index is 0.0558. The van der Waals surface area contributed by atoms with Crippen molar-refractivity contribution in [3.63, 3.8) is 0 Å². The van der Waals surface area contributed by atoms with Crippen LogP contribution in [0, 0.1) is 0 Å². The summed E-state index contributed by atoms with van der Waals surface area (Å²) in [5, 5.41) is 2.12. The van der Waals surface area contributed by atoms with Crippen LogP contribution in [0.4, 0.5) is 0 Å². The van der Waals surface area contributed by atoms with E-state index < -0.39 is 11.2 Å². The predicted octanol–water partition coefficient (Wildman–Crippen LogP) is 11.1. The number of hydrogen-bond acceptors (Lipinski definition) is 6. The fourth-order valence-electron chi connectivity index (χ4n) is 7.62. The molecule has 6 aromatic rings. The van der Waals surface area contributed by atoms with Crippen LogP contribution < -0.4 is 28.4 Å². The van der Waals surface area contributed by atoms with Crippen molar-refractivity contribution in [2.45, 2.75) is 51.1 Å². The first kappa shape index (κ1) is 34.9. The molecule has 0 radical (unpaired) electrons. The summed E-state index contributed by atoms with van der Waals surface area (Å²) in [4.78, 5) is 0. The Balaban J connectivity index is 1.30. The van der Waals surface area contributed by atoms with Crippen molar-refractivity contribution in [2.24, 2.45) is 0 Å². The number of ether oxygens (including phenoxy) is 6. The van der Waals surface area contributed by atoms with E-state index >= 15 is 0 Å². The van der Waals surface area contributed by atoms with Gasteiger partial charge in [-0.3, -0.25) is 0 Å². The Morgan fingerprint density at radius 1 is 0.500 bits per heavy atom. The molecule has 0 aliphatic carbocycles. The van der Waals surface area contributed by atoms with Crippen LogP contribution >= 0.6 is 0 Å². The molecule has 6 heteroatoms. The molecule has 0 amide bonds. The van der Waals surface area contributed by atoms with Gasteiger partial charge in [-0.2, -0.15) is 0 Å². The summed E-state index contributed by atoms with van der Waals surface area (Å²) in [6, 6.07) is 40.8. The van der Waals surface area contributed by atoms with Crippen molar-refractivity contribution in [1.29, 1.82) is 0 Å². The SMILES string of the molecule is COc1ccc(C2(c3ccccc3)C=Cc3c(ccc4ccc5c(c34)C=CC(c3ccccc3)(c3ccc(OC)cc3OC(C)C)O5)O2)c(OC(C)C)c1. The highest BCUT2D eigenvalue weighted by Gasteiger charge is 2.42.